The molecule has 0 spiro atoms. The highest BCUT2D eigenvalue weighted by atomic mass is 16.5. The zero-order valence-electron chi connectivity index (χ0n) is 11.3. The number of rotatable bonds is 3. The van der Waals surface area contributed by atoms with Crippen LogP contribution >= 0.6 is 0 Å². The molecule has 4 nitrogen and oxygen atoms in total. The summed E-state index contributed by atoms with van der Waals surface area (Å²) in [6.07, 6.45) is 2.61. The van der Waals surface area contributed by atoms with E-state index in [9.17, 15) is 0 Å². The maximum Gasteiger partial charge on any atom is 0.243 e. The normalized spacial score (nSPS) is 24.2. The van der Waals surface area contributed by atoms with Gasteiger partial charge < -0.3 is 4.52 Å². The molecule has 1 saturated heterocycles. The van der Waals surface area contributed by atoms with Crippen LogP contribution in [0.3, 0.4) is 0 Å². The summed E-state index contributed by atoms with van der Waals surface area (Å²) in [5.74, 6) is 2.69. The van der Waals surface area contributed by atoms with E-state index in [1.165, 1.54) is 12.8 Å². The van der Waals surface area contributed by atoms with E-state index in [4.69, 9.17) is 4.52 Å². The number of aromatic nitrogens is 2. The van der Waals surface area contributed by atoms with Crippen LogP contribution < -0.4 is 0 Å². The minimum Gasteiger partial charge on any atom is -0.338 e. The first-order chi connectivity index (χ1) is 8.08. The quantitative estimate of drug-likeness (QED) is 0.810. The van der Waals surface area contributed by atoms with Crippen molar-refractivity contribution in [3.63, 3.8) is 0 Å². The van der Waals surface area contributed by atoms with Crippen LogP contribution in [-0.4, -0.2) is 28.1 Å². The number of hydrogen-bond acceptors (Lipinski definition) is 4. The Morgan fingerprint density at radius 2 is 2.12 bits per heavy atom. The molecule has 0 bridgehead atoms. The Morgan fingerprint density at radius 1 is 1.35 bits per heavy atom. The summed E-state index contributed by atoms with van der Waals surface area (Å²) >= 11 is 0. The molecule has 1 aliphatic heterocycles. The van der Waals surface area contributed by atoms with Gasteiger partial charge in [-0.1, -0.05) is 25.9 Å². The summed E-state index contributed by atoms with van der Waals surface area (Å²) in [5.41, 5.74) is 0. The summed E-state index contributed by atoms with van der Waals surface area (Å²) in [7, 11) is 0. The topological polar surface area (TPSA) is 42.2 Å². The van der Waals surface area contributed by atoms with Crippen LogP contribution in [0.15, 0.2) is 4.52 Å². The van der Waals surface area contributed by atoms with Crippen molar-refractivity contribution in [1.82, 2.24) is 15.0 Å². The maximum atomic E-state index is 5.37. The highest BCUT2D eigenvalue weighted by Crippen LogP contribution is 2.26. The summed E-state index contributed by atoms with van der Waals surface area (Å²) in [6.45, 7) is 10.9. The standard InChI is InChI=1S/C13H23N3O/c1-9(2)12-14-13(17-15-12)11(4)16-7-5-6-10(3)8-16/h9-11H,5-8H2,1-4H3/t10-,11-/m0/s1. The van der Waals surface area contributed by atoms with E-state index in [-0.39, 0.29) is 6.04 Å². The van der Waals surface area contributed by atoms with Gasteiger partial charge in [-0.3, -0.25) is 4.90 Å². The Labute approximate surface area is 103 Å². The molecule has 0 aliphatic carbocycles. The molecule has 1 aliphatic rings. The van der Waals surface area contributed by atoms with Crippen molar-refractivity contribution in [3.8, 4) is 0 Å². The monoisotopic (exact) mass is 237 g/mol. The average molecular weight is 237 g/mol. The fraction of sp³-hybridized carbons (Fsp3) is 0.846. The molecular weight excluding hydrogens is 214 g/mol. The Bertz CT molecular complexity index is 361. The third-order valence-electron chi connectivity index (χ3n) is 3.57. The van der Waals surface area contributed by atoms with Crippen molar-refractivity contribution in [2.75, 3.05) is 13.1 Å². The number of hydrogen-bond donors (Lipinski definition) is 0. The molecule has 2 rings (SSSR count). The van der Waals surface area contributed by atoms with E-state index in [2.05, 4.69) is 42.7 Å². The molecular formula is C13H23N3O. The van der Waals surface area contributed by atoms with Gasteiger partial charge in [0.25, 0.3) is 0 Å². The smallest absolute Gasteiger partial charge is 0.243 e. The maximum absolute atomic E-state index is 5.37. The molecule has 0 N–H and O–H groups in total. The number of piperidine rings is 1. The predicted molar refractivity (Wildman–Crippen MR) is 66.8 cm³/mol. The minimum atomic E-state index is 0.248. The van der Waals surface area contributed by atoms with E-state index in [1.807, 2.05) is 0 Å². The van der Waals surface area contributed by atoms with E-state index in [0.29, 0.717) is 5.92 Å². The lowest BCUT2D eigenvalue weighted by Gasteiger charge is -2.33. The Kier molecular flexibility index (Phi) is 3.82. The van der Waals surface area contributed by atoms with Gasteiger partial charge in [-0.25, -0.2) is 0 Å². The first-order valence-electron chi connectivity index (χ1n) is 6.65. The van der Waals surface area contributed by atoms with Gasteiger partial charge >= 0.3 is 0 Å². The summed E-state index contributed by atoms with van der Waals surface area (Å²) in [6, 6.07) is 0.248. The lowest BCUT2D eigenvalue weighted by Crippen LogP contribution is -2.36. The van der Waals surface area contributed by atoms with Crippen LogP contribution in [0.25, 0.3) is 0 Å². The lowest BCUT2D eigenvalue weighted by molar-refractivity contribution is 0.117. The van der Waals surface area contributed by atoms with Crippen molar-refractivity contribution in [2.45, 2.75) is 52.5 Å². The van der Waals surface area contributed by atoms with E-state index in [0.717, 1.165) is 30.7 Å². The molecule has 0 radical (unpaired) electrons. The van der Waals surface area contributed by atoms with E-state index in [1.54, 1.807) is 0 Å². The van der Waals surface area contributed by atoms with Crippen LogP contribution in [0.5, 0.6) is 0 Å². The first kappa shape index (κ1) is 12.6. The minimum absolute atomic E-state index is 0.248. The summed E-state index contributed by atoms with van der Waals surface area (Å²) in [4.78, 5) is 6.94. The second kappa shape index (κ2) is 5.17. The summed E-state index contributed by atoms with van der Waals surface area (Å²) in [5, 5.41) is 4.04. The van der Waals surface area contributed by atoms with Crippen LogP contribution in [-0.2, 0) is 0 Å². The van der Waals surface area contributed by atoms with Crippen molar-refractivity contribution < 1.29 is 4.52 Å². The van der Waals surface area contributed by atoms with Gasteiger partial charge in [0.1, 0.15) is 0 Å². The predicted octanol–water partition coefficient (Wildman–Crippen LogP) is 2.99. The third kappa shape index (κ3) is 2.86. The van der Waals surface area contributed by atoms with Gasteiger partial charge in [-0.15, -0.1) is 0 Å². The fourth-order valence-electron chi connectivity index (χ4n) is 2.39. The molecule has 2 heterocycles. The fourth-order valence-corrected chi connectivity index (χ4v) is 2.39. The van der Waals surface area contributed by atoms with Crippen molar-refractivity contribution in [2.24, 2.45) is 5.92 Å². The molecule has 1 aromatic rings. The van der Waals surface area contributed by atoms with E-state index < -0.39 is 0 Å². The molecule has 17 heavy (non-hydrogen) atoms. The third-order valence-corrected chi connectivity index (χ3v) is 3.57. The lowest BCUT2D eigenvalue weighted by atomic mass is 9.99. The van der Waals surface area contributed by atoms with Gasteiger partial charge in [-0.2, -0.15) is 4.98 Å². The van der Waals surface area contributed by atoms with Gasteiger partial charge in [0.15, 0.2) is 5.82 Å². The molecule has 0 amide bonds. The Morgan fingerprint density at radius 3 is 2.71 bits per heavy atom. The SMILES string of the molecule is CC(C)c1noc([C@H](C)N2CCC[C@H](C)C2)n1. The first-order valence-corrected chi connectivity index (χ1v) is 6.65. The zero-order chi connectivity index (χ0) is 12.4. The van der Waals surface area contributed by atoms with Crippen LogP contribution in [0.2, 0.25) is 0 Å². The highest BCUT2D eigenvalue weighted by Gasteiger charge is 2.25. The molecule has 1 aromatic heterocycles. The molecule has 96 valence electrons. The summed E-state index contributed by atoms with van der Waals surface area (Å²) < 4.78 is 5.37. The Hall–Kier alpha value is -0.900. The molecule has 0 unspecified atom stereocenters. The number of likely N-dealkylation sites (tertiary alicyclic amines) is 1. The van der Waals surface area contributed by atoms with Crippen LogP contribution in [0, 0.1) is 5.92 Å². The van der Waals surface area contributed by atoms with Gasteiger partial charge in [0.2, 0.25) is 5.89 Å². The zero-order valence-corrected chi connectivity index (χ0v) is 11.3. The second-order valence-corrected chi connectivity index (χ2v) is 5.56. The second-order valence-electron chi connectivity index (χ2n) is 5.56. The molecule has 0 aromatic carbocycles. The van der Waals surface area contributed by atoms with E-state index >= 15 is 0 Å². The molecule has 2 atom stereocenters. The largest absolute Gasteiger partial charge is 0.338 e. The average Bonchev–Trinajstić information content (AvgIpc) is 2.77. The molecule has 1 fully saturated rings. The van der Waals surface area contributed by atoms with Crippen molar-refractivity contribution in [1.29, 1.82) is 0 Å². The van der Waals surface area contributed by atoms with Gasteiger partial charge in [0.05, 0.1) is 6.04 Å². The van der Waals surface area contributed by atoms with Gasteiger partial charge in [0, 0.05) is 12.5 Å². The molecule has 4 heteroatoms. The van der Waals surface area contributed by atoms with Crippen LogP contribution in [0.1, 0.15) is 64.2 Å². The van der Waals surface area contributed by atoms with Crippen LogP contribution in [0.4, 0.5) is 0 Å². The highest BCUT2D eigenvalue weighted by molar-refractivity contribution is 4.96. The van der Waals surface area contributed by atoms with Crippen molar-refractivity contribution in [3.05, 3.63) is 11.7 Å². The van der Waals surface area contributed by atoms with Crippen molar-refractivity contribution >= 4 is 0 Å². The number of nitrogens with zero attached hydrogens (tertiary/aromatic N) is 3. The Balaban J connectivity index is 2.04. The molecule has 0 saturated carbocycles. The van der Waals surface area contributed by atoms with Gasteiger partial charge in [-0.05, 0) is 32.2 Å².